The summed E-state index contributed by atoms with van der Waals surface area (Å²) >= 11 is 6.01. The highest BCUT2D eigenvalue weighted by Gasteiger charge is 2.21. The Morgan fingerprint density at radius 1 is 1.32 bits per heavy atom. The maximum Gasteiger partial charge on any atom is 0.271 e. The second kappa shape index (κ2) is 4.44. The van der Waals surface area contributed by atoms with Crippen LogP contribution in [0.5, 0.6) is 0 Å². The molecule has 0 amide bonds. The molecule has 0 aliphatic carbocycles. The average Bonchev–Trinajstić information content (AvgIpc) is 2.39. The Balaban J connectivity index is 2.20. The number of rotatable bonds is 1. The molecule has 3 N–H and O–H groups in total. The molecule has 96 valence electrons. The molecule has 0 saturated heterocycles. The largest absolute Gasteiger partial charge is 0.386 e. The van der Waals surface area contributed by atoms with E-state index in [1.54, 1.807) is 36.5 Å². The topological polar surface area (TPSA) is 74.5 Å². The van der Waals surface area contributed by atoms with Gasteiger partial charge in [0.1, 0.15) is 11.5 Å². The molecule has 1 aromatic heterocycles. The molecule has 19 heavy (non-hydrogen) atoms. The van der Waals surface area contributed by atoms with Crippen LogP contribution in [0.2, 0.25) is 5.02 Å². The van der Waals surface area contributed by atoms with E-state index in [2.05, 4.69) is 9.98 Å². The third kappa shape index (κ3) is 2.08. The summed E-state index contributed by atoms with van der Waals surface area (Å²) in [6.07, 6.45) is 1.59. The third-order valence-electron chi connectivity index (χ3n) is 2.90. The number of hydrogen-bond acceptors (Lipinski definition) is 4. The third-order valence-corrected chi connectivity index (χ3v) is 3.14. The molecule has 6 heteroatoms. The zero-order chi connectivity index (χ0) is 13.4. The first-order chi connectivity index (χ1) is 9.15. The predicted octanol–water partition coefficient (Wildman–Crippen LogP) is 2.17. The molecular weight excluding hydrogens is 264 g/mol. The molecule has 2 heterocycles. The van der Waals surface area contributed by atoms with Crippen molar-refractivity contribution in [2.75, 3.05) is 11.4 Å². The zero-order valence-corrected chi connectivity index (χ0v) is 10.7. The van der Waals surface area contributed by atoms with Crippen LogP contribution in [0.15, 0.2) is 46.3 Å². The minimum Gasteiger partial charge on any atom is -0.386 e. The van der Waals surface area contributed by atoms with Gasteiger partial charge in [-0.3, -0.25) is 4.79 Å². The van der Waals surface area contributed by atoms with E-state index in [1.807, 2.05) is 4.90 Å². The standard InChI is InChI=1S/C13H11ClN4O/c14-8-3-4-9-11(6-8)18(7-12(15)17-9)10-2-1-5-16-13(10)19/h1-6H,7H2,(H2,15,17)(H,16,19). The van der Waals surface area contributed by atoms with Gasteiger partial charge in [0.2, 0.25) is 0 Å². The van der Waals surface area contributed by atoms with Gasteiger partial charge in [-0.1, -0.05) is 11.6 Å². The number of aromatic amines is 1. The molecule has 0 bridgehead atoms. The first kappa shape index (κ1) is 11.8. The number of nitrogens with zero attached hydrogens (tertiary/aromatic N) is 2. The number of aliphatic imine (C=N–C) groups is 1. The van der Waals surface area contributed by atoms with E-state index in [9.17, 15) is 4.79 Å². The molecule has 0 radical (unpaired) electrons. The predicted molar refractivity (Wildman–Crippen MR) is 76.8 cm³/mol. The van der Waals surface area contributed by atoms with E-state index in [-0.39, 0.29) is 5.56 Å². The van der Waals surface area contributed by atoms with Crippen molar-refractivity contribution in [3.63, 3.8) is 0 Å². The van der Waals surface area contributed by atoms with E-state index in [4.69, 9.17) is 17.3 Å². The number of hydrogen-bond donors (Lipinski definition) is 2. The Morgan fingerprint density at radius 2 is 2.16 bits per heavy atom. The Hall–Kier alpha value is -2.27. The summed E-state index contributed by atoms with van der Waals surface area (Å²) in [5.41, 5.74) is 7.65. The number of fused-ring (bicyclic) bond motifs is 1. The van der Waals surface area contributed by atoms with Gasteiger partial charge >= 0.3 is 0 Å². The highest BCUT2D eigenvalue weighted by molar-refractivity contribution is 6.31. The van der Waals surface area contributed by atoms with Gasteiger partial charge in [0.15, 0.2) is 0 Å². The summed E-state index contributed by atoms with van der Waals surface area (Å²) in [5, 5.41) is 0.590. The van der Waals surface area contributed by atoms with E-state index >= 15 is 0 Å². The number of amidine groups is 1. The van der Waals surface area contributed by atoms with Gasteiger partial charge < -0.3 is 15.6 Å². The van der Waals surface area contributed by atoms with Crippen LogP contribution < -0.4 is 16.2 Å². The monoisotopic (exact) mass is 274 g/mol. The first-order valence-electron chi connectivity index (χ1n) is 5.73. The van der Waals surface area contributed by atoms with Crippen molar-refractivity contribution in [3.05, 3.63) is 51.9 Å². The Labute approximate surface area is 114 Å². The fraction of sp³-hybridized carbons (Fsp3) is 0.0769. The van der Waals surface area contributed by atoms with Gasteiger partial charge in [0.05, 0.1) is 17.9 Å². The molecule has 3 rings (SSSR count). The van der Waals surface area contributed by atoms with Crippen molar-refractivity contribution in [2.45, 2.75) is 0 Å². The molecule has 0 saturated carbocycles. The van der Waals surface area contributed by atoms with Crippen LogP contribution in [-0.4, -0.2) is 17.4 Å². The van der Waals surface area contributed by atoms with Gasteiger partial charge in [0.25, 0.3) is 5.56 Å². The summed E-state index contributed by atoms with van der Waals surface area (Å²) in [5.74, 6) is 0.457. The lowest BCUT2D eigenvalue weighted by Gasteiger charge is -2.28. The second-order valence-corrected chi connectivity index (χ2v) is 4.64. The fourth-order valence-electron chi connectivity index (χ4n) is 2.08. The highest BCUT2D eigenvalue weighted by Crippen LogP contribution is 2.37. The number of anilines is 2. The maximum atomic E-state index is 11.9. The van der Waals surface area contributed by atoms with Crippen LogP contribution >= 0.6 is 11.6 Å². The minimum atomic E-state index is -0.178. The van der Waals surface area contributed by atoms with Gasteiger partial charge in [-0.25, -0.2) is 4.99 Å². The van der Waals surface area contributed by atoms with Crippen molar-refractivity contribution in [3.8, 4) is 0 Å². The lowest BCUT2D eigenvalue weighted by Crippen LogP contribution is -2.35. The number of halogens is 1. The zero-order valence-electron chi connectivity index (χ0n) is 9.93. The minimum absolute atomic E-state index is 0.178. The molecule has 0 spiro atoms. The van der Waals surface area contributed by atoms with E-state index in [0.717, 1.165) is 5.69 Å². The van der Waals surface area contributed by atoms with Crippen molar-refractivity contribution >= 4 is 34.5 Å². The first-order valence-corrected chi connectivity index (χ1v) is 6.11. The molecule has 0 unspecified atom stereocenters. The van der Waals surface area contributed by atoms with Crippen molar-refractivity contribution < 1.29 is 0 Å². The van der Waals surface area contributed by atoms with Crippen molar-refractivity contribution in [1.29, 1.82) is 0 Å². The summed E-state index contributed by atoms with van der Waals surface area (Å²) in [4.78, 5) is 20.6. The number of nitrogens with two attached hydrogens (primary N) is 1. The van der Waals surface area contributed by atoms with Gasteiger partial charge in [-0.15, -0.1) is 0 Å². The number of pyridine rings is 1. The van der Waals surface area contributed by atoms with Crippen LogP contribution in [0, 0.1) is 0 Å². The number of aromatic nitrogens is 1. The molecule has 1 aliphatic rings. The summed E-state index contributed by atoms with van der Waals surface area (Å²) in [7, 11) is 0. The van der Waals surface area contributed by atoms with E-state index in [0.29, 0.717) is 28.8 Å². The number of nitrogens with one attached hydrogen (secondary N) is 1. The van der Waals surface area contributed by atoms with Crippen LogP contribution in [0.3, 0.4) is 0 Å². The quantitative estimate of drug-likeness (QED) is 0.837. The van der Waals surface area contributed by atoms with Gasteiger partial charge in [0, 0.05) is 11.2 Å². The smallest absolute Gasteiger partial charge is 0.271 e. The number of H-pyrrole nitrogens is 1. The summed E-state index contributed by atoms with van der Waals surface area (Å²) in [6, 6.07) is 8.81. The second-order valence-electron chi connectivity index (χ2n) is 4.21. The molecule has 2 aromatic rings. The summed E-state index contributed by atoms with van der Waals surface area (Å²) < 4.78 is 0. The molecular formula is C13H11ClN4O. The van der Waals surface area contributed by atoms with Crippen molar-refractivity contribution in [1.82, 2.24) is 4.98 Å². The Bertz CT molecular complexity index is 723. The van der Waals surface area contributed by atoms with Crippen LogP contribution in [-0.2, 0) is 0 Å². The Morgan fingerprint density at radius 3 is 2.95 bits per heavy atom. The Kier molecular flexibility index (Phi) is 2.76. The maximum absolute atomic E-state index is 11.9. The lowest BCUT2D eigenvalue weighted by molar-refractivity contribution is 1.05. The van der Waals surface area contributed by atoms with E-state index < -0.39 is 0 Å². The average molecular weight is 275 g/mol. The van der Waals surface area contributed by atoms with Gasteiger partial charge in [-0.05, 0) is 30.3 Å². The molecule has 0 fully saturated rings. The SMILES string of the molecule is NC1=Nc2ccc(Cl)cc2N(c2ccc[nH]c2=O)C1. The highest BCUT2D eigenvalue weighted by atomic mass is 35.5. The van der Waals surface area contributed by atoms with Crippen molar-refractivity contribution in [2.24, 2.45) is 10.7 Å². The van der Waals surface area contributed by atoms with Gasteiger partial charge in [-0.2, -0.15) is 0 Å². The molecule has 0 atom stereocenters. The summed E-state index contributed by atoms with van der Waals surface area (Å²) in [6.45, 7) is 0.362. The van der Waals surface area contributed by atoms with Crippen LogP contribution in [0.4, 0.5) is 17.1 Å². The number of benzene rings is 1. The molecule has 1 aliphatic heterocycles. The normalized spacial score (nSPS) is 13.9. The fourth-order valence-corrected chi connectivity index (χ4v) is 2.25. The van der Waals surface area contributed by atoms with E-state index in [1.165, 1.54) is 0 Å². The molecule has 1 aromatic carbocycles. The lowest BCUT2D eigenvalue weighted by atomic mass is 10.2. The molecule has 5 nitrogen and oxygen atoms in total. The van der Waals surface area contributed by atoms with Crippen LogP contribution in [0.25, 0.3) is 0 Å². The van der Waals surface area contributed by atoms with Crippen LogP contribution in [0.1, 0.15) is 0 Å².